The van der Waals surface area contributed by atoms with Gasteiger partial charge in [0.1, 0.15) is 0 Å². The van der Waals surface area contributed by atoms with Gasteiger partial charge in [0.15, 0.2) is 0 Å². The van der Waals surface area contributed by atoms with Gasteiger partial charge in [-0.15, -0.1) is 0 Å². The molecule has 3 N–H and O–H groups in total. The summed E-state index contributed by atoms with van der Waals surface area (Å²) in [5.41, 5.74) is 11.8. The normalized spacial score (nSPS) is 11.3. The quantitative estimate of drug-likeness (QED) is 0.565. The van der Waals surface area contributed by atoms with Gasteiger partial charge in [-0.25, -0.2) is 0 Å². The van der Waals surface area contributed by atoms with Crippen LogP contribution >= 0.6 is 0 Å². The Morgan fingerprint density at radius 3 is 2.64 bits per heavy atom. The van der Waals surface area contributed by atoms with Gasteiger partial charge in [0.25, 0.3) is 0 Å². The number of nitrogens with one attached hydrogen (secondary N) is 1. The van der Waals surface area contributed by atoms with E-state index in [2.05, 4.69) is 35.5 Å². The Kier molecular flexibility index (Phi) is 3.45. The molecule has 2 heterocycles. The second-order valence-corrected chi connectivity index (χ2v) is 5.90. The van der Waals surface area contributed by atoms with Crippen molar-refractivity contribution in [3.05, 3.63) is 53.5 Å². The number of hydrogen-bond donors (Lipinski definition) is 2. The molecule has 0 unspecified atom stereocenters. The third kappa shape index (κ3) is 2.26. The van der Waals surface area contributed by atoms with Gasteiger partial charge < -0.3 is 15.7 Å². The molecule has 0 aliphatic rings. The first kappa shape index (κ1) is 14.3. The van der Waals surface area contributed by atoms with Crippen molar-refractivity contribution >= 4 is 22.8 Å². The minimum absolute atomic E-state index is 0.380. The number of nitrogen functional groups attached to an aromatic ring is 1. The Bertz CT molecular complexity index is 859. The van der Waals surface area contributed by atoms with Crippen molar-refractivity contribution in [3.63, 3.8) is 0 Å². The highest BCUT2D eigenvalue weighted by atomic mass is 15.0. The van der Waals surface area contributed by atoms with E-state index in [1.807, 2.05) is 31.3 Å². The highest BCUT2D eigenvalue weighted by Gasteiger charge is 2.15. The van der Waals surface area contributed by atoms with Crippen LogP contribution < -0.4 is 5.73 Å². The molecular weight excluding hydrogens is 272 g/mol. The van der Waals surface area contributed by atoms with E-state index < -0.39 is 0 Å². The van der Waals surface area contributed by atoms with Gasteiger partial charge in [0, 0.05) is 46.1 Å². The first-order valence-corrected chi connectivity index (χ1v) is 7.39. The lowest BCUT2D eigenvalue weighted by atomic mass is 10.1. The van der Waals surface area contributed by atoms with E-state index in [1.165, 1.54) is 11.9 Å². The summed E-state index contributed by atoms with van der Waals surface area (Å²) < 4.78 is 2.24. The van der Waals surface area contributed by atoms with E-state index in [-0.39, 0.29) is 0 Å². The van der Waals surface area contributed by atoms with Crippen LogP contribution in [0.5, 0.6) is 0 Å². The Balaban J connectivity index is 2.39. The molecular formula is C18H20N4. The maximum Gasteiger partial charge on any atom is 0.0539 e. The summed E-state index contributed by atoms with van der Waals surface area (Å²) in [7, 11) is 0. The van der Waals surface area contributed by atoms with Crippen LogP contribution in [0.4, 0.5) is 5.69 Å². The average molecular weight is 292 g/mol. The molecule has 0 bridgehead atoms. The molecule has 4 heteroatoms. The summed E-state index contributed by atoms with van der Waals surface area (Å²) in [6.45, 7) is 6.35. The molecule has 3 rings (SSSR count). The standard InChI is InChI=1S/C18H20N4/c1-11(2)17-8-13-7-16(20)14(10-19)9-18(13)22(17)15-4-5-21-12(3)6-15/h4-11,19H,20H2,1-3H3. The molecule has 3 aromatic rings. The van der Waals surface area contributed by atoms with Crippen molar-refractivity contribution in [3.8, 4) is 5.69 Å². The fourth-order valence-corrected chi connectivity index (χ4v) is 2.82. The van der Waals surface area contributed by atoms with Crippen molar-refractivity contribution in [2.75, 3.05) is 5.73 Å². The van der Waals surface area contributed by atoms with Crippen LogP contribution in [-0.4, -0.2) is 15.8 Å². The number of nitrogens with two attached hydrogens (primary N) is 1. The lowest BCUT2D eigenvalue weighted by Crippen LogP contribution is -2.03. The molecule has 0 fully saturated rings. The van der Waals surface area contributed by atoms with Gasteiger partial charge in [-0.2, -0.15) is 0 Å². The molecule has 1 aromatic carbocycles. The highest BCUT2D eigenvalue weighted by Crippen LogP contribution is 2.31. The lowest BCUT2D eigenvalue weighted by Gasteiger charge is -2.14. The lowest BCUT2D eigenvalue weighted by molar-refractivity contribution is 0.795. The van der Waals surface area contributed by atoms with Crippen LogP contribution in [-0.2, 0) is 0 Å². The molecule has 0 spiro atoms. The second kappa shape index (κ2) is 5.30. The van der Waals surface area contributed by atoms with Crippen molar-refractivity contribution in [1.82, 2.24) is 9.55 Å². The fraction of sp³-hybridized carbons (Fsp3) is 0.222. The number of benzene rings is 1. The largest absolute Gasteiger partial charge is 0.398 e. The van der Waals surface area contributed by atoms with Gasteiger partial charge in [0.2, 0.25) is 0 Å². The second-order valence-electron chi connectivity index (χ2n) is 5.90. The van der Waals surface area contributed by atoms with Crippen LogP contribution in [0, 0.1) is 12.3 Å². The predicted octanol–water partition coefficient (Wildman–Crippen LogP) is 4.04. The number of rotatable bonds is 3. The van der Waals surface area contributed by atoms with Crippen LogP contribution in [0.3, 0.4) is 0 Å². The van der Waals surface area contributed by atoms with E-state index in [0.29, 0.717) is 11.6 Å². The molecule has 0 saturated heterocycles. The summed E-state index contributed by atoms with van der Waals surface area (Å²) in [6.07, 6.45) is 3.13. The number of aryl methyl sites for hydroxylation is 1. The average Bonchev–Trinajstić information content (AvgIpc) is 2.84. The molecule has 112 valence electrons. The van der Waals surface area contributed by atoms with E-state index >= 15 is 0 Å². The Labute approximate surface area is 130 Å². The summed E-state index contributed by atoms with van der Waals surface area (Å²) in [4.78, 5) is 4.28. The number of anilines is 1. The summed E-state index contributed by atoms with van der Waals surface area (Å²) in [5, 5.41) is 8.63. The highest BCUT2D eigenvalue weighted by molar-refractivity contribution is 5.95. The molecule has 0 aliphatic heterocycles. The number of hydrogen-bond acceptors (Lipinski definition) is 3. The molecule has 0 amide bonds. The topological polar surface area (TPSA) is 67.7 Å². The minimum atomic E-state index is 0.380. The van der Waals surface area contributed by atoms with Gasteiger partial charge in [0.05, 0.1) is 5.52 Å². The zero-order valence-corrected chi connectivity index (χ0v) is 13.1. The Morgan fingerprint density at radius 1 is 1.23 bits per heavy atom. The molecule has 0 aliphatic carbocycles. The number of pyridine rings is 1. The number of aromatic nitrogens is 2. The smallest absolute Gasteiger partial charge is 0.0539 e. The SMILES string of the molecule is Cc1cc(-n2c(C(C)C)cc3cc(N)c(C=N)cc32)ccn1. The van der Waals surface area contributed by atoms with Gasteiger partial charge >= 0.3 is 0 Å². The minimum Gasteiger partial charge on any atom is -0.398 e. The van der Waals surface area contributed by atoms with E-state index in [4.69, 9.17) is 11.1 Å². The van der Waals surface area contributed by atoms with Crippen molar-refractivity contribution in [2.45, 2.75) is 26.7 Å². The monoisotopic (exact) mass is 292 g/mol. The molecule has 2 aromatic heterocycles. The summed E-state index contributed by atoms with van der Waals surface area (Å²) >= 11 is 0. The van der Waals surface area contributed by atoms with Crippen molar-refractivity contribution in [1.29, 1.82) is 5.41 Å². The van der Waals surface area contributed by atoms with Crippen LogP contribution in [0.15, 0.2) is 36.5 Å². The van der Waals surface area contributed by atoms with Crippen molar-refractivity contribution in [2.24, 2.45) is 0 Å². The van der Waals surface area contributed by atoms with Crippen LogP contribution in [0.1, 0.15) is 36.7 Å². The zero-order chi connectivity index (χ0) is 15.9. The molecule has 0 atom stereocenters. The molecule has 0 radical (unpaired) electrons. The molecule has 4 nitrogen and oxygen atoms in total. The predicted molar refractivity (Wildman–Crippen MR) is 92.2 cm³/mol. The summed E-state index contributed by atoms with van der Waals surface area (Å²) in [5.74, 6) is 0.380. The first-order chi connectivity index (χ1) is 10.5. The van der Waals surface area contributed by atoms with Gasteiger partial charge in [-0.05, 0) is 43.2 Å². The van der Waals surface area contributed by atoms with Crippen LogP contribution in [0.2, 0.25) is 0 Å². The maximum absolute atomic E-state index is 7.54. The van der Waals surface area contributed by atoms with E-state index in [1.54, 1.807) is 0 Å². The third-order valence-corrected chi connectivity index (χ3v) is 3.92. The zero-order valence-electron chi connectivity index (χ0n) is 13.1. The first-order valence-electron chi connectivity index (χ1n) is 7.39. The summed E-state index contributed by atoms with van der Waals surface area (Å²) in [6, 6.07) is 10.2. The maximum atomic E-state index is 7.54. The van der Waals surface area contributed by atoms with Crippen LogP contribution in [0.25, 0.3) is 16.6 Å². The van der Waals surface area contributed by atoms with E-state index in [9.17, 15) is 0 Å². The van der Waals surface area contributed by atoms with Gasteiger partial charge in [-0.3, -0.25) is 4.98 Å². The van der Waals surface area contributed by atoms with Crippen molar-refractivity contribution < 1.29 is 0 Å². The third-order valence-electron chi connectivity index (χ3n) is 3.92. The molecule has 0 saturated carbocycles. The fourth-order valence-electron chi connectivity index (χ4n) is 2.82. The van der Waals surface area contributed by atoms with Gasteiger partial charge in [-0.1, -0.05) is 13.8 Å². The number of nitrogens with zero attached hydrogens (tertiary/aromatic N) is 2. The van der Waals surface area contributed by atoms with E-state index in [0.717, 1.165) is 27.8 Å². The Hall–Kier alpha value is -2.62. The Morgan fingerprint density at radius 2 is 2.00 bits per heavy atom. The number of fused-ring (bicyclic) bond motifs is 1. The molecule has 22 heavy (non-hydrogen) atoms.